The number of hydrogen-bond donors (Lipinski definition) is 1. The molecule has 1 atom stereocenters. The zero-order chi connectivity index (χ0) is 14.3. The number of carbonyl (C=O) groups excluding carboxylic acids is 2. The van der Waals surface area contributed by atoms with Gasteiger partial charge in [-0.25, -0.2) is 8.78 Å². The molecule has 0 radical (unpaired) electrons. The Hall–Kier alpha value is -1.24. The molecular formula is C12H20F2N2O3. The van der Waals surface area contributed by atoms with Crippen molar-refractivity contribution in [2.45, 2.75) is 38.7 Å². The van der Waals surface area contributed by atoms with Gasteiger partial charge in [0.25, 0.3) is 6.43 Å². The van der Waals surface area contributed by atoms with Gasteiger partial charge in [-0.1, -0.05) is 13.3 Å². The van der Waals surface area contributed by atoms with E-state index in [4.69, 9.17) is 4.74 Å². The van der Waals surface area contributed by atoms with Gasteiger partial charge < -0.3 is 15.0 Å². The fraction of sp³-hybridized carbons (Fsp3) is 0.833. The molecule has 0 aromatic carbocycles. The summed E-state index contributed by atoms with van der Waals surface area (Å²) in [7, 11) is 0. The predicted molar refractivity (Wildman–Crippen MR) is 64.9 cm³/mol. The fourth-order valence-electron chi connectivity index (χ4n) is 1.95. The summed E-state index contributed by atoms with van der Waals surface area (Å²) >= 11 is 0. The van der Waals surface area contributed by atoms with Crippen molar-refractivity contribution in [3.63, 3.8) is 0 Å². The van der Waals surface area contributed by atoms with Crippen LogP contribution in [0.3, 0.4) is 0 Å². The summed E-state index contributed by atoms with van der Waals surface area (Å²) in [6.07, 6.45) is -0.900. The second-order valence-electron chi connectivity index (χ2n) is 4.45. The maximum Gasteiger partial charge on any atom is 0.261 e. The van der Waals surface area contributed by atoms with Crippen molar-refractivity contribution in [1.82, 2.24) is 10.2 Å². The molecular weight excluding hydrogens is 258 g/mol. The minimum Gasteiger partial charge on any atom is -0.374 e. The van der Waals surface area contributed by atoms with E-state index in [0.29, 0.717) is 13.0 Å². The van der Waals surface area contributed by atoms with Gasteiger partial charge in [0.05, 0.1) is 6.61 Å². The highest BCUT2D eigenvalue weighted by molar-refractivity contribution is 5.89. The van der Waals surface area contributed by atoms with E-state index in [1.165, 1.54) is 4.90 Å². The zero-order valence-corrected chi connectivity index (χ0v) is 11.0. The van der Waals surface area contributed by atoms with Crippen LogP contribution in [0, 0.1) is 0 Å². The Labute approximate surface area is 111 Å². The lowest BCUT2D eigenvalue weighted by Gasteiger charge is -2.23. The second kappa shape index (κ2) is 8.04. The molecule has 0 bridgehead atoms. The molecule has 1 aliphatic heterocycles. The summed E-state index contributed by atoms with van der Waals surface area (Å²) in [4.78, 5) is 25.1. The SMILES string of the molecule is CCCC1NC(=O)CCN(CCOCC(F)F)C1=O. The number of ether oxygens (including phenoxy) is 1. The van der Waals surface area contributed by atoms with Gasteiger partial charge in [-0.3, -0.25) is 9.59 Å². The van der Waals surface area contributed by atoms with Crippen molar-refractivity contribution in [3.05, 3.63) is 0 Å². The van der Waals surface area contributed by atoms with E-state index in [1.54, 1.807) is 0 Å². The molecule has 7 heteroatoms. The molecule has 1 aliphatic rings. The van der Waals surface area contributed by atoms with Gasteiger partial charge in [0.1, 0.15) is 12.6 Å². The summed E-state index contributed by atoms with van der Waals surface area (Å²) in [6, 6.07) is -0.505. The molecule has 0 saturated carbocycles. The average molecular weight is 278 g/mol. The van der Waals surface area contributed by atoms with Gasteiger partial charge in [0, 0.05) is 19.5 Å². The van der Waals surface area contributed by atoms with E-state index in [1.807, 2.05) is 6.92 Å². The van der Waals surface area contributed by atoms with Crippen molar-refractivity contribution in [2.75, 3.05) is 26.3 Å². The van der Waals surface area contributed by atoms with Crippen molar-refractivity contribution < 1.29 is 23.1 Å². The Balaban J connectivity index is 2.46. The van der Waals surface area contributed by atoms with Crippen LogP contribution in [0.15, 0.2) is 0 Å². The lowest BCUT2D eigenvalue weighted by molar-refractivity contribution is -0.134. The first-order chi connectivity index (χ1) is 9.04. The number of alkyl halides is 2. The molecule has 5 nitrogen and oxygen atoms in total. The van der Waals surface area contributed by atoms with E-state index < -0.39 is 19.1 Å². The molecule has 1 unspecified atom stereocenters. The van der Waals surface area contributed by atoms with Gasteiger partial charge in [-0.15, -0.1) is 0 Å². The summed E-state index contributed by atoms with van der Waals surface area (Å²) in [5.74, 6) is -0.309. The Kier molecular flexibility index (Phi) is 6.69. The largest absolute Gasteiger partial charge is 0.374 e. The van der Waals surface area contributed by atoms with E-state index in [2.05, 4.69) is 5.32 Å². The molecule has 0 aliphatic carbocycles. The van der Waals surface area contributed by atoms with Crippen LogP contribution >= 0.6 is 0 Å². The number of carbonyl (C=O) groups is 2. The highest BCUT2D eigenvalue weighted by atomic mass is 19.3. The second-order valence-corrected chi connectivity index (χ2v) is 4.45. The van der Waals surface area contributed by atoms with Gasteiger partial charge in [-0.2, -0.15) is 0 Å². The van der Waals surface area contributed by atoms with E-state index in [9.17, 15) is 18.4 Å². The highest BCUT2D eigenvalue weighted by Crippen LogP contribution is 2.08. The normalized spacial score (nSPS) is 20.6. The van der Waals surface area contributed by atoms with Gasteiger partial charge in [0.2, 0.25) is 11.8 Å². The van der Waals surface area contributed by atoms with Crippen LogP contribution in [0.1, 0.15) is 26.2 Å². The van der Waals surface area contributed by atoms with Crippen LogP contribution in [-0.4, -0.2) is 55.5 Å². The monoisotopic (exact) mass is 278 g/mol. The Morgan fingerprint density at radius 1 is 1.47 bits per heavy atom. The molecule has 0 aromatic rings. The number of amides is 2. The fourth-order valence-corrected chi connectivity index (χ4v) is 1.95. The third-order valence-corrected chi connectivity index (χ3v) is 2.88. The number of nitrogens with one attached hydrogen (secondary N) is 1. The lowest BCUT2D eigenvalue weighted by atomic mass is 10.1. The van der Waals surface area contributed by atoms with Crippen LogP contribution in [0.4, 0.5) is 8.78 Å². The van der Waals surface area contributed by atoms with Crippen molar-refractivity contribution >= 4 is 11.8 Å². The van der Waals surface area contributed by atoms with Crippen LogP contribution in [0.2, 0.25) is 0 Å². The standard InChI is InChI=1S/C12H20F2N2O3/c1-2-3-9-12(18)16(5-4-11(17)15-9)6-7-19-8-10(13)14/h9-10H,2-8H2,1H3,(H,15,17). The van der Waals surface area contributed by atoms with E-state index >= 15 is 0 Å². The molecule has 0 aromatic heterocycles. The molecule has 1 saturated heterocycles. The van der Waals surface area contributed by atoms with E-state index in [0.717, 1.165) is 6.42 Å². The Morgan fingerprint density at radius 2 is 2.21 bits per heavy atom. The van der Waals surface area contributed by atoms with Gasteiger partial charge in [-0.05, 0) is 6.42 Å². The highest BCUT2D eigenvalue weighted by Gasteiger charge is 2.28. The molecule has 2 amide bonds. The van der Waals surface area contributed by atoms with Gasteiger partial charge in [0.15, 0.2) is 0 Å². The predicted octanol–water partition coefficient (Wildman–Crippen LogP) is 0.785. The maximum atomic E-state index is 12.1. The maximum absolute atomic E-state index is 12.1. The van der Waals surface area contributed by atoms with Crippen LogP contribution < -0.4 is 5.32 Å². The van der Waals surface area contributed by atoms with Crippen LogP contribution in [0.5, 0.6) is 0 Å². The third kappa shape index (κ3) is 5.50. The molecule has 1 rings (SSSR count). The topological polar surface area (TPSA) is 58.6 Å². The van der Waals surface area contributed by atoms with E-state index in [-0.39, 0.29) is 31.4 Å². The summed E-state index contributed by atoms with van der Waals surface area (Å²) in [5, 5.41) is 2.68. The Morgan fingerprint density at radius 3 is 2.84 bits per heavy atom. The number of rotatable bonds is 7. The molecule has 0 spiro atoms. The first-order valence-electron chi connectivity index (χ1n) is 6.48. The number of nitrogens with zero attached hydrogens (tertiary/aromatic N) is 1. The first kappa shape index (κ1) is 15.8. The van der Waals surface area contributed by atoms with Crippen molar-refractivity contribution in [1.29, 1.82) is 0 Å². The minimum absolute atomic E-state index is 0.0586. The lowest BCUT2D eigenvalue weighted by Crippen LogP contribution is -2.45. The van der Waals surface area contributed by atoms with Crippen molar-refractivity contribution in [2.24, 2.45) is 0 Å². The molecule has 110 valence electrons. The van der Waals surface area contributed by atoms with Crippen LogP contribution in [-0.2, 0) is 14.3 Å². The van der Waals surface area contributed by atoms with Gasteiger partial charge >= 0.3 is 0 Å². The third-order valence-electron chi connectivity index (χ3n) is 2.88. The quantitative estimate of drug-likeness (QED) is 0.700. The first-order valence-corrected chi connectivity index (χ1v) is 6.48. The molecule has 1 N–H and O–H groups in total. The van der Waals surface area contributed by atoms with Crippen LogP contribution in [0.25, 0.3) is 0 Å². The smallest absolute Gasteiger partial charge is 0.261 e. The average Bonchev–Trinajstić information content (AvgIpc) is 2.47. The zero-order valence-electron chi connectivity index (χ0n) is 11.0. The molecule has 1 fully saturated rings. The summed E-state index contributed by atoms with van der Waals surface area (Å²) < 4.78 is 28.6. The summed E-state index contributed by atoms with van der Waals surface area (Å²) in [5.41, 5.74) is 0. The number of hydrogen-bond acceptors (Lipinski definition) is 3. The Bertz CT molecular complexity index is 313. The molecule has 19 heavy (non-hydrogen) atoms. The van der Waals surface area contributed by atoms with Crippen molar-refractivity contribution in [3.8, 4) is 0 Å². The molecule has 1 heterocycles. The summed E-state index contributed by atoms with van der Waals surface area (Å²) in [6.45, 7) is 1.91. The minimum atomic E-state index is -2.50. The number of halogens is 2.